The Labute approximate surface area is 65.5 Å². The molecule has 0 spiro atoms. The lowest BCUT2D eigenvalue weighted by Crippen LogP contribution is -2.05. The molecule has 1 unspecified atom stereocenters. The van der Waals surface area contributed by atoms with Gasteiger partial charge < -0.3 is 0 Å². The number of rotatable bonds is 5. The zero-order valence-corrected chi connectivity index (χ0v) is 6.92. The molecule has 0 aromatic rings. The van der Waals surface area contributed by atoms with Crippen LogP contribution in [0.1, 0.15) is 19.3 Å². The number of carbonyl (C=O) groups excluding carboxylic acids is 1. The summed E-state index contributed by atoms with van der Waals surface area (Å²) in [4.78, 5) is 19.0. The summed E-state index contributed by atoms with van der Waals surface area (Å²) in [7, 11) is -2.61. The fraction of sp³-hybridized carbons (Fsp3) is 0.833. The van der Waals surface area contributed by atoms with Gasteiger partial charge in [-0.2, -0.15) is 0 Å². The van der Waals surface area contributed by atoms with Gasteiger partial charge in [0.25, 0.3) is 0 Å². The Morgan fingerprint density at radius 2 is 2.27 bits per heavy atom. The van der Waals surface area contributed by atoms with Crippen LogP contribution in [0.25, 0.3) is 0 Å². The van der Waals surface area contributed by atoms with E-state index >= 15 is 0 Å². The van der Waals surface area contributed by atoms with Crippen molar-refractivity contribution >= 4 is 14.0 Å². The molecule has 1 N–H and O–H groups in total. The highest BCUT2D eigenvalue weighted by atomic mass is 31.1. The second-order valence-electron chi connectivity index (χ2n) is 2.70. The minimum atomic E-state index is -2.61. The Bertz CT molecular complexity index is 175. The van der Waals surface area contributed by atoms with Crippen molar-refractivity contribution in [3.8, 4) is 0 Å². The monoisotopic (exact) mass is 177 g/mol. The van der Waals surface area contributed by atoms with Crippen molar-refractivity contribution in [2.24, 2.45) is 5.92 Å². The number of hydrogen-bond donors (Lipinski definition) is 1. The third-order valence-electron chi connectivity index (χ3n) is 1.55. The van der Waals surface area contributed by atoms with Crippen LogP contribution in [-0.2, 0) is 13.9 Å². The van der Waals surface area contributed by atoms with Crippen molar-refractivity contribution < 1.29 is 18.8 Å². The summed E-state index contributed by atoms with van der Waals surface area (Å²) in [6.07, 6.45) is 2.72. The molecule has 4 nitrogen and oxygen atoms in total. The van der Waals surface area contributed by atoms with Crippen LogP contribution in [0.2, 0.25) is 0 Å². The second-order valence-corrected chi connectivity index (χ2v) is 3.43. The van der Waals surface area contributed by atoms with Crippen LogP contribution in [0.3, 0.4) is 0 Å². The zero-order valence-electron chi connectivity index (χ0n) is 6.02. The van der Waals surface area contributed by atoms with Crippen LogP contribution in [0, 0.1) is 5.92 Å². The summed E-state index contributed by atoms with van der Waals surface area (Å²) in [5, 5.41) is 0. The predicted octanol–water partition coefficient (Wildman–Crippen LogP) is 1.02. The van der Waals surface area contributed by atoms with Gasteiger partial charge in [-0.1, -0.05) is 0 Å². The Morgan fingerprint density at radius 3 is 2.73 bits per heavy atom. The molecule has 0 aliphatic heterocycles. The Kier molecular flexibility index (Phi) is 3.12. The van der Waals surface area contributed by atoms with E-state index < -0.39 is 8.25 Å². The third-order valence-corrected chi connectivity index (χ3v) is 1.90. The summed E-state index contributed by atoms with van der Waals surface area (Å²) in [6, 6.07) is 0. The molecule has 1 aliphatic rings. The highest BCUT2D eigenvalue weighted by Gasteiger charge is 2.26. The van der Waals surface area contributed by atoms with Gasteiger partial charge in [-0.3, -0.25) is 4.79 Å². The van der Waals surface area contributed by atoms with Gasteiger partial charge in [-0.15, -0.1) is 9.42 Å². The molecule has 0 heterocycles. The highest BCUT2D eigenvalue weighted by Crippen LogP contribution is 2.32. The van der Waals surface area contributed by atoms with Crippen molar-refractivity contribution in [3.05, 3.63) is 0 Å². The number of ketones is 1. The van der Waals surface area contributed by atoms with Gasteiger partial charge in [0.1, 0.15) is 0 Å². The first kappa shape index (κ1) is 8.78. The molecule has 1 rings (SSSR count). The molecule has 1 aliphatic carbocycles. The van der Waals surface area contributed by atoms with E-state index in [4.69, 9.17) is 4.89 Å². The minimum absolute atomic E-state index is 0.0788. The maximum atomic E-state index is 10.8. The van der Waals surface area contributed by atoms with Gasteiger partial charge in [0, 0.05) is 11.0 Å². The summed E-state index contributed by atoms with van der Waals surface area (Å²) < 4.78 is 14.2. The Morgan fingerprint density at radius 1 is 1.64 bits per heavy atom. The number of carbonyl (C=O) groups is 1. The van der Waals surface area contributed by atoms with Crippen LogP contribution < -0.4 is 0 Å². The van der Waals surface area contributed by atoms with Crippen molar-refractivity contribution in [1.82, 2.24) is 0 Å². The van der Waals surface area contributed by atoms with E-state index in [0.717, 1.165) is 12.8 Å². The molecular weight excluding hydrogens is 167 g/mol. The lowest BCUT2D eigenvalue weighted by molar-refractivity contribution is -0.121. The average Bonchev–Trinajstić information content (AvgIpc) is 2.67. The first-order chi connectivity index (χ1) is 5.18. The molecule has 1 saturated carbocycles. The fourth-order valence-electron chi connectivity index (χ4n) is 0.830. The molecule has 11 heavy (non-hydrogen) atoms. The molecule has 62 valence electrons. The summed E-state index contributed by atoms with van der Waals surface area (Å²) in [5.41, 5.74) is 0. The van der Waals surface area contributed by atoms with Gasteiger partial charge in [0.2, 0.25) is 0 Å². The van der Waals surface area contributed by atoms with Crippen LogP contribution in [0.4, 0.5) is 0 Å². The summed E-state index contributed by atoms with van der Waals surface area (Å²) in [6.45, 7) is -0.220. The van der Waals surface area contributed by atoms with Crippen molar-refractivity contribution in [2.75, 3.05) is 6.61 Å². The topological polar surface area (TPSA) is 63.6 Å². The first-order valence-electron chi connectivity index (χ1n) is 3.49. The lowest BCUT2D eigenvalue weighted by Gasteiger charge is -1.90. The zero-order chi connectivity index (χ0) is 8.27. The molecule has 0 aromatic carbocycles. The summed E-state index contributed by atoms with van der Waals surface area (Å²) >= 11 is 0. The van der Waals surface area contributed by atoms with Crippen molar-refractivity contribution in [1.29, 1.82) is 0 Å². The number of hydrogen-bond acceptors (Lipinski definition) is 3. The standard InChI is InChI=1S/C6H9O4P/c7-6(3-5-1-2-5)4-10-11(8)9/h5H,1-4H2/p+1. The van der Waals surface area contributed by atoms with Gasteiger partial charge in [-0.05, 0) is 18.8 Å². The quantitative estimate of drug-likeness (QED) is 0.637. The second kappa shape index (κ2) is 3.90. The van der Waals surface area contributed by atoms with Crippen LogP contribution in [-0.4, -0.2) is 17.3 Å². The first-order valence-corrected chi connectivity index (χ1v) is 4.62. The van der Waals surface area contributed by atoms with Crippen molar-refractivity contribution in [2.45, 2.75) is 19.3 Å². The molecule has 1 fully saturated rings. The van der Waals surface area contributed by atoms with Gasteiger partial charge >= 0.3 is 8.25 Å². The Hall–Kier alpha value is -0.310. The van der Waals surface area contributed by atoms with E-state index in [1.165, 1.54) is 0 Å². The largest absolute Gasteiger partial charge is 0.695 e. The molecular formula is C6H10O4P+. The van der Waals surface area contributed by atoms with E-state index in [0.29, 0.717) is 12.3 Å². The average molecular weight is 177 g/mol. The minimum Gasteiger partial charge on any atom is -0.297 e. The lowest BCUT2D eigenvalue weighted by atomic mass is 10.2. The molecule has 1 atom stereocenters. The highest BCUT2D eigenvalue weighted by molar-refractivity contribution is 7.32. The molecule has 0 aromatic heterocycles. The van der Waals surface area contributed by atoms with Gasteiger partial charge in [0.05, 0.1) is 0 Å². The molecule has 0 bridgehead atoms. The van der Waals surface area contributed by atoms with Crippen molar-refractivity contribution in [3.63, 3.8) is 0 Å². The van der Waals surface area contributed by atoms with Crippen LogP contribution in [0.5, 0.6) is 0 Å². The molecule has 0 amide bonds. The molecule has 0 radical (unpaired) electrons. The molecule has 0 saturated heterocycles. The third kappa shape index (κ3) is 4.19. The van der Waals surface area contributed by atoms with E-state index in [-0.39, 0.29) is 12.4 Å². The van der Waals surface area contributed by atoms with E-state index in [9.17, 15) is 9.36 Å². The van der Waals surface area contributed by atoms with Crippen LogP contribution in [0.15, 0.2) is 0 Å². The SMILES string of the molecule is O=C(CO[P+](=O)O)CC1CC1. The van der Waals surface area contributed by atoms with Gasteiger partial charge in [-0.25, -0.2) is 0 Å². The van der Waals surface area contributed by atoms with E-state index in [2.05, 4.69) is 4.52 Å². The Balaban J connectivity index is 2.04. The maximum absolute atomic E-state index is 10.8. The smallest absolute Gasteiger partial charge is 0.297 e. The maximum Gasteiger partial charge on any atom is 0.695 e. The molecule has 5 heteroatoms. The number of Topliss-reactive ketones (excluding diaryl/α,β-unsaturated/α-hetero) is 1. The summed E-state index contributed by atoms with van der Waals surface area (Å²) in [5.74, 6) is 0.438. The van der Waals surface area contributed by atoms with E-state index in [1.807, 2.05) is 0 Å². The van der Waals surface area contributed by atoms with E-state index in [1.54, 1.807) is 0 Å². The van der Waals surface area contributed by atoms with Gasteiger partial charge in [0.15, 0.2) is 12.4 Å². The fourth-order valence-corrected chi connectivity index (χ4v) is 1.08. The van der Waals surface area contributed by atoms with Crippen LogP contribution >= 0.6 is 8.25 Å². The predicted molar refractivity (Wildman–Crippen MR) is 38.1 cm³/mol. The normalized spacial score (nSPS) is 18.1.